The number of nitrogens with one attached hydrogen (secondary N) is 4. The fourth-order valence-corrected chi connectivity index (χ4v) is 5.46. The van der Waals surface area contributed by atoms with Crippen molar-refractivity contribution >= 4 is 41.0 Å². The van der Waals surface area contributed by atoms with E-state index in [-0.39, 0.29) is 36.0 Å². The molecule has 202 valence electrons. The number of aromatic amines is 1. The zero-order chi connectivity index (χ0) is 25.8. The lowest BCUT2D eigenvalue weighted by molar-refractivity contribution is -0.138. The molecular formula is C29H36ClN5O3. The molecule has 2 aliphatic rings. The van der Waals surface area contributed by atoms with Gasteiger partial charge >= 0.3 is 0 Å². The van der Waals surface area contributed by atoms with Gasteiger partial charge in [0.2, 0.25) is 11.8 Å². The molecule has 1 saturated heterocycles. The molecule has 9 heteroatoms. The van der Waals surface area contributed by atoms with Crippen LogP contribution in [0.1, 0.15) is 46.8 Å². The first-order valence-corrected chi connectivity index (χ1v) is 13.3. The van der Waals surface area contributed by atoms with Crippen LogP contribution in [0.25, 0.3) is 10.9 Å². The molecule has 4 N–H and O–H groups in total. The van der Waals surface area contributed by atoms with Gasteiger partial charge in [-0.25, -0.2) is 0 Å². The molecule has 1 aromatic heterocycles. The van der Waals surface area contributed by atoms with Crippen molar-refractivity contribution in [1.82, 2.24) is 25.8 Å². The molecule has 0 saturated carbocycles. The standard InChI is InChI=1S/C29H35N5O3.ClH/c1-2-31-27(35)21-7-8-22-18-34(14-11-20(22)15-21)29(37)26(33-28(36)19-9-12-30-13-10-19)16-23-17-32-25-6-4-3-5-24(23)25;/h3-8,15,17,19,26,30,32H,2,9-14,16,18H2,1H3,(H,31,35)(H,33,36);1H. The van der Waals surface area contributed by atoms with E-state index in [1.165, 1.54) is 0 Å². The summed E-state index contributed by atoms with van der Waals surface area (Å²) in [5.74, 6) is -0.257. The average Bonchev–Trinajstić information content (AvgIpc) is 3.35. The maximum atomic E-state index is 13.9. The van der Waals surface area contributed by atoms with Gasteiger partial charge in [-0.1, -0.05) is 24.3 Å². The highest BCUT2D eigenvalue weighted by Crippen LogP contribution is 2.24. The minimum absolute atomic E-state index is 0. The number of fused-ring (bicyclic) bond motifs is 2. The van der Waals surface area contributed by atoms with Crippen LogP contribution < -0.4 is 16.0 Å². The summed E-state index contributed by atoms with van der Waals surface area (Å²) in [6.45, 7) is 5.14. The first-order valence-electron chi connectivity index (χ1n) is 13.3. The fraction of sp³-hybridized carbons (Fsp3) is 0.414. The number of hydrogen-bond donors (Lipinski definition) is 4. The summed E-state index contributed by atoms with van der Waals surface area (Å²) in [6, 6.07) is 13.1. The van der Waals surface area contributed by atoms with E-state index < -0.39 is 6.04 Å². The van der Waals surface area contributed by atoms with Gasteiger partial charge in [0.05, 0.1) is 0 Å². The molecule has 3 amide bonds. The van der Waals surface area contributed by atoms with E-state index in [0.717, 1.165) is 53.5 Å². The van der Waals surface area contributed by atoms with E-state index in [2.05, 4.69) is 20.9 Å². The molecule has 0 aliphatic carbocycles. The molecule has 1 atom stereocenters. The van der Waals surface area contributed by atoms with Gasteiger partial charge in [-0.15, -0.1) is 12.4 Å². The molecule has 8 nitrogen and oxygen atoms in total. The smallest absolute Gasteiger partial charge is 0.251 e. The van der Waals surface area contributed by atoms with E-state index in [1.807, 2.05) is 60.5 Å². The predicted octanol–water partition coefficient (Wildman–Crippen LogP) is 2.95. The molecule has 0 spiro atoms. The highest BCUT2D eigenvalue weighted by atomic mass is 35.5. The summed E-state index contributed by atoms with van der Waals surface area (Å²) >= 11 is 0. The van der Waals surface area contributed by atoms with Crippen molar-refractivity contribution in [3.8, 4) is 0 Å². The van der Waals surface area contributed by atoms with Crippen molar-refractivity contribution in [1.29, 1.82) is 0 Å². The Morgan fingerprint density at radius 2 is 1.87 bits per heavy atom. The Morgan fingerprint density at radius 3 is 2.66 bits per heavy atom. The van der Waals surface area contributed by atoms with Crippen LogP contribution in [-0.4, -0.2) is 59.8 Å². The Hall–Kier alpha value is -3.36. The molecule has 3 heterocycles. The van der Waals surface area contributed by atoms with Gasteiger partial charge in [0.25, 0.3) is 5.91 Å². The van der Waals surface area contributed by atoms with Gasteiger partial charge in [-0.3, -0.25) is 14.4 Å². The third-order valence-corrected chi connectivity index (χ3v) is 7.55. The van der Waals surface area contributed by atoms with E-state index in [0.29, 0.717) is 38.0 Å². The van der Waals surface area contributed by atoms with Crippen LogP contribution in [0.3, 0.4) is 0 Å². The van der Waals surface area contributed by atoms with Gasteiger partial charge < -0.3 is 25.8 Å². The minimum Gasteiger partial charge on any atom is -0.361 e. The maximum Gasteiger partial charge on any atom is 0.251 e. The molecule has 0 radical (unpaired) electrons. The minimum atomic E-state index is -0.641. The second-order valence-corrected chi connectivity index (χ2v) is 10.0. The number of aromatic nitrogens is 1. The van der Waals surface area contributed by atoms with Crippen molar-refractivity contribution in [2.75, 3.05) is 26.2 Å². The third kappa shape index (κ3) is 6.03. The molecule has 2 aliphatic heterocycles. The molecule has 3 aromatic rings. The van der Waals surface area contributed by atoms with Gasteiger partial charge in [0.15, 0.2) is 0 Å². The van der Waals surface area contributed by atoms with Crippen LogP contribution >= 0.6 is 12.4 Å². The summed E-state index contributed by atoms with van der Waals surface area (Å²) < 4.78 is 0. The summed E-state index contributed by atoms with van der Waals surface area (Å²) in [4.78, 5) is 44.4. The van der Waals surface area contributed by atoms with E-state index in [9.17, 15) is 14.4 Å². The summed E-state index contributed by atoms with van der Waals surface area (Å²) in [5.41, 5.74) is 4.82. The normalized spacial score (nSPS) is 16.3. The second-order valence-electron chi connectivity index (χ2n) is 10.0. The second kappa shape index (κ2) is 12.5. The number of rotatable bonds is 7. The Kier molecular flexibility index (Phi) is 9.07. The van der Waals surface area contributed by atoms with Crippen molar-refractivity contribution in [2.24, 2.45) is 5.92 Å². The van der Waals surface area contributed by atoms with E-state index >= 15 is 0 Å². The Bertz CT molecular complexity index is 1300. The number of hydrogen-bond acceptors (Lipinski definition) is 4. The van der Waals surface area contributed by atoms with Gasteiger partial charge in [0.1, 0.15) is 6.04 Å². The molecule has 1 unspecified atom stereocenters. The summed E-state index contributed by atoms with van der Waals surface area (Å²) in [5, 5.41) is 10.3. The van der Waals surface area contributed by atoms with E-state index in [1.54, 1.807) is 0 Å². The number of amides is 3. The van der Waals surface area contributed by atoms with Crippen molar-refractivity contribution in [3.63, 3.8) is 0 Å². The number of carbonyl (C=O) groups is 3. The first kappa shape index (κ1) is 27.7. The number of H-pyrrole nitrogens is 1. The Morgan fingerprint density at radius 1 is 1.08 bits per heavy atom. The van der Waals surface area contributed by atoms with Crippen LogP contribution in [0.2, 0.25) is 0 Å². The SMILES string of the molecule is CCNC(=O)c1ccc2c(c1)CCN(C(=O)C(Cc1c[nH]c3ccccc13)NC(=O)C1CCNCC1)C2.Cl. The predicted molar refractivity (Wildman–Crippen MR) is 150 cm³/mol. The number of carbonyl (C=O) groups excluding carboxylic acids is 3. The first-order chi connectivity index (χ1) is 18.0. The largest absolute Gasteiger partial charge is 0.361 e. The molecule has 38 heavy (non-hydrogen) atoms. The van der Waals surface area contributed by atoms with Crippen molar-refractivity contribution in [3.05, 3.63) is 70.9 Å². The fourth-order valence-electron chi connectivity index (χ4n) is 5.46. The number of para-hydroxylation sites is 1. The lowest BCUT2D eigenvalue weighted by Crippen LogP contribution is -2.52. The van der Waals surface area contributed by atoms with Gasteiger partial charge in [-0.2, -0.15) is 0 Å². The van der Waals surface area contributed by atoms with Crippen LogP contribution in [0.5, 0.6) is 0 Å². The van der Waals surface area contributed by atoms with Crippen molar-refractivity contribution < 1.29 is 14.4 Å². The topological polar surface area (TPSA) is 106 Å². The highest BCUT2D eigenvalue weighted by Gasteiger charge is 2.32. The lowest BCUT2D eigenvalue weighted by atomic mass is 9.94. The third-order valence-electron chi connectivity index (χ3n) is 7.55. The Balaban J connectivity index is 0.00000336. The van der Waals surface area contributed by atoms with Gasteiger partial charge in [0, 0.05) is 54.6 Å². The summed E-state index contributed by atoms with van der Waals surface area (Å²) in [6.07, 6.45) is 4.61. The number of nitrogens with zero attached hydrogens (tertiary/aromatic N) is 1. The number of halogens is 1. The van der Waals surface area contributed by atoms with Crippen LogP contribution in [0.15, 0.2) is 48.7 Å². The average molecular weight is 538 g/mol. The zero-order valence-electron chi connectivity index (χ0n) is 21.7. The number of benzene rings is 2. The number of piperidine rings is 1. The molecule has 5 rings (SSSR count). The monoisotopic (exact) mass is 537 g/mol. The summed E-state index contributed by atoms with van der Waals surface area (Å²) in [7, 11) is 0. The Labute approximate surface area is 229 Å². The molecule has 1 fully saturated rings. The maximum absolute atomic E-state index is 13.9. The molecule has 0 bridgehead atoms. The quantitative estimate of drug-likeness (QED) is 0.372. The van der Waals surface area contributed by atoms with Gasteiger partial charge in [-0.05, 0) is 74.2 Å². The molecule has 2 aromatic carbocycles. The van der Waals surface area contributed by atoms with Crippen LogP contribution in [-0.2, 0) is 29.0 Å². The van der Waals surface area contributed by atoms with Crippen LogP contribution in [0, 0.1) is 5.92 Å². The van der Waals surface area contributed by atoms with Crippen molar-refractivity contribution in [2.45, 2.75) is 45.2 Å². The highest BCUT2D eigenvalue weighted by molar-refractivity contribution is 5.94. The zero-order valence-corrected chi connectivity index (χ0v) is 22.5. The molecular weight excluding hydrogens is 502 g/mol. The van der Waals surface area contributed by atoms with Crippen LogP contribution in [0.4, 0.5) is 0 Å². The lowest BCUT2D eigenvalue weighted by Gasteiger charge is -2.33. The van der Waals surface area contributed by atoms with E-state index in [4.69, 9.17) is 0 Å².